The summed E-state index contributed by atoms with van der Waals surface area (Å²) in [5, 5.41) is 2.87. The van der Waals surface area contributed by atoms with E-state index in [0.29, 0.717) is 24.6 Å². The molecule has 2 aromatic rings. The first-order valence-corrected chi connectivity index (χ1v) is 10.8. The van der Waals surface area contributed by atoms with Gasteiger partial charge in [-0.15, -0.1) is 0 Å². The summed E-state index contributed by atoms with van der Waals surface area (Å²) in [6, 6.07) is 13.8. The number of hydrogen-bond donors (Lipinski definition) is 1. The van der Waals surface area contributed by atoms with E-state index in [1.54, 1.807) is 12.1 Å². The average molecular weight is 387 g/mol. The highest BCUT2D eigenvalue weighted by Gasteiger charge is 2.28. The van der Waals surface area contributed by atoms with E-state index in [0.717, 1.165) is 30.5 Å². The van der Waals surface area contributed by atoms with Crippen molar-refractivity contribution in [3.05, 3.63) is 59.7 Å². The summed E-state index contributed by atoms with van der Waals surface area (Å²) in [7, 11) is -3.64. The van der Waals surface area contributed by atoms with Crippen LogP contribution in [-0.2, 0) is 16.4 Å². The van der Waals surface area contributed by atoms with Crippen molar-refractivity contribution in [3.8, 4) is 0 Å². The summed E-state index contributed by atoms with van der Waals surface area (Å²) in [5.41, 5.74) is 2.27. The first kappa shape index (κ1) is 19.4. The van der Waals surface area contributed by atoms with Gasteiger partial charge in [0.25, 0.3) is 15.9 Å². The maximum atomic E-state index is 13.1. The van der Waals surface area contributed by atoms with Crippen LogP contribution in [0.5, 0.6) is 0 Å². The number of amides is 1. The van der Waals surface area contributed by atoms with Crippen LogP contribution < -0.4 is 9.62 Å². The fraction of sp³-hybridized carbons (Fsp3) is 0.381. The Labute approximate surface area is 161 Å². The van der Waals surface area contributed by atoms with E-state index in [4.69, 9.17) is 0 Å². The normalized spacial score (nSPS) is 14.1. The molecule has 0 atom stereocenters. The number of carbonyl (C=O) groups is 1. The molecule has 5 nitrogen and oxygen atoms in total. The Hall–Kier alpha value is -2.34. The van der Waals surface area contributed by atoms with E-state index in [1.807, 2.05) is 24.3 Å². The largest absolute Gasteiger partial charge is 0.352 e. The zero-order valence-corrected chi connectivity index (χ0v) is 16.6. The molecule has 1 aliphatic rings. The highest BCUT2D eigenvalue weighted by atomic mass is 32.2. The molecule has 1 amide bonds. The molecule has 1 heterocycles. The first-order chi connectivity index (χ1) is 12.9. The van der Waals surface area contributed by atoms with Crippen molar-refractivity contribution in [3.63, 3.8) is 0 Å². The molecule has 2 aromatic carbocycles. The van der Waals surface area contributed by atoms with Gasteiger partial charge in [0.2, 0.25) is 0 Å². The Morgan fingerprint density at radius 3 is 2.52 bits per heavy atom. The minimum absolute atomic E-state index is 0.178. The predicted octanol–water partition coefficient (Wildman–Crippen LogP) is 3.60. The number of nitrogens with zero attached hydrogens (tertiary/aromatic N) is 1. The summed E-state index contributed by atoms with van der Waals surface area (Å²) < 4.78 is 27.7. The summed E-state index contributed by atoms with van der Waals surface area (Å²) in [6.07, 6.45) is 2.59. The van der Waals surface area contributed by atoms with Crippen LogP contribution in [0, 0.1) is 5.92 Å². The molecule has 0 unspecified atom stereocenters. The summed E-state index contributed by atoms with van der Waals surface area (Å²) in [6.45, 7) is 5.28. The van der Waals surface area contributed by atoms with Gasteiger partial charge in [0, 0.05) is 18.7 Å². The van der Waals surface area contributed by atoms with Crippen molar-refractivity contribution >= 4 is 21.6 Å². The zero-order chi connectivity index (χ0) is 19.4. The van der Waals surface area contributed by atoms with E-state index in [9.17, 15) is 13.2 Å². The number of rotatable bonds is 6. The Morgan fingerprint density at radius 1 is 1.11 bits per heavy atom. The summed E-state index contributed by atoms with van der Waals surface area (Å²) >= 11 is 0. The molecule has 6 heteroatoms. The standard InChI is InChI=1S/C21H26N2O3S/c1-16(2)13-14-22-21(24)18-9-11-19(12-10-18)27(25,26)23-15-5-7-17-6-3-4-8-20(17)23/h3-4,6,8-12,16H,5,7,13-15H2,1-2H3,(H,22,24). The van der Waals surface area contributed by atoms with Crippen LogP contribution >= 0.6 is 0 Å². The Kier molecular flexibility index (Phi) is 5.85. The van der Waals surface area contributed by atoms with Gasteiger partial charge >= 0.3 is 0 Å². The Bertz CT molecular complexity index is 905. The molecule has 0 bridgehead atoms. The van der Waals surface area contributed by atoms with Gasteiger partial charge in [-0.25, -0.2) is 8.42 Å². The number of para-hydroxylation sites is 1. The van der Waals surface area contributed by atoms with Gasteiger partial charge in [0.1, 0.15) is 0 Å². The molecule has 0 aromatic heterocycles. The maximum Gasteiger partial charge on any atom is 0.264 e. The molecule has 0 radical (unpaired) electrons. The van der Waals surface area contributed by atoms with Crippen LogP contribution in [-0.4, -0.2) is 27.4 Å². The van der Waals surface area contributed by atoms with Crippen molar-refractivity contribution < 1.29 is 13.2 Å². The zero-order valence-electron chi connectivity index (χ0n) is 15.8. The van der Waals surface area contributed by atoms with Crippen molar-refractivity contribution in [1.29, 1.82) is 0 Å². The number of carbonyl (C=O) groups excluding carboxylic acids is 1. The number of anilines is 1. The third-order valence-corrected chi connectivity index (χ3v) is 6.61. The second-order valence-corrected chi connectivity index (χ2v) is 9.13. The third kappa shape index (κ3) is 4.33. The molecule has 1 aliphatic heterocycles. The lowest BCUT2D eigenvalue weighted by atomic mass is 10.0. The molecule has 0 aliphatic carbocycles. The molecule has 3 rings (SSSR count). The van der Waals surface area contributed by atoms with Gasteiger partial charge in [-0.05, 0) is 61.1 Å². The third-order valence-electron chi connectivity index (χ3n) is 4.78. The molecule has 0 saturated carbocycles. The highest BCUT2D eigenvalue weighted by molar-refractivity contribution is 7.92. The SMILES string of the molecule is CC(C)CCNC(=O)c1ccc(S(=O)(=O)N2CCCc3ccccc32)cc1. The number of fused-ring (bicyclic) bond motifs is 1. The van der Waals surface area contributed by atoms with Crippen molar-refractivity contribution in [1.82, 2.24) is 5.32 Å². The number of aryl methyl sites for hydroxylation is 1. The van der Waals surface area contributed by atoms with Crippen molar-refractivity contribution in [2.75, 3.05) is 17.4 Å². The predicted molar refractivity (Wildman–Crippen MR) is 108 cm³/mol. The molecule has 0 spiro atoms. The van der Waals surface area contributed by atoms with E-state index in [-0.39, 0.29) is 10.8 Å². The Balaban J connectivity index is 1.78. The van der Waals surface area contributed by atoms with Gasteiger partial charge in [-0.1, -0.05) is 32.0 Å². The second kappa shape index (κ2) is 8.13. The summed E-state index contributed by atoms with van der Waals surface area (Å²) in [4.78, 5) is 12.4. The van der Waals surface area contributed by atoms with Gasteiger partial charge in [-0.3, -0.25) is 9.10 Å². The minimum Gasteiger partial charge on any atom is -0.352 e. The van der Waals surface area contributed by atoms with Crippen molar-refractivity contribution in [2.45, 2.75) is 38.0 Å². The molecular weight excluding hydrogens is 360 g/mol. The van der Waals surface area contributed by atoms with Crippen LogP contribution in [0.2, 0.25) is 0 Å². The molecule has 1 N–H and O–H groups in total. The lowest BCUT2D eigenvalue weighted by molar-refractivity contribution is 0.0952. The number of nitrogens with one attached hydrogen (secondary N) is 1. The second-order valence-electron chi connectivity index (χ2n) is 7.27. The smallest absolute Gasteiger partial charge is 0.264 e. The van der Waals surface area contributed by atoms with E-state index >= 15 is 0 Å². The molecule has 27 heavy (non-hydrogen) atoms. The van der Waals surface area contributed by atoms with Crippen LogP contribution in [0.15, 0.2) is 53.4 Å². The van der Waals surface area contributed by atoms with Gasteiger partial charge in [0.15, 0.2) is 0 Å². The number of benzene rings is 2. The van der Waals surface area contributed by atoms with Crippen LogP contribution in [0.25, 0.3) is 0 Å². The topological polar surface area (TPSA) is 66.5 Å². The molecule has 144 valence electrons. The monoisotopic (exact) mass is 386 g/mol. The summed E-state index contributed by atoms with van der Waals surface area (Å²) in [5.74, 6) is 0.341. The molecular formula is C21H26N2O3S. The fourth-order valence-corrected chi connectivity index (χ4v) is 4.77. The number of sulfonamides is 1. The fourth-order valence-electron chi connectivity index (χ4n) is 3.23. The quantitative estimate of drug-likeness (QED) is 0.825. The lowest BCUT2D eigenvalue weighted by Gasteiger charge is -2.30. The van der Waals surface area contributed by atoms with E-state index < -0.39 is 10.0 Å². The van der Waals surface area contributed by atoms with Crippen LogP contribution in [0.3, 0.4) is 0 Å². The molecule has 0 fully saturated rings. The average Bonchev–Trinajstić information content (AvgIpc) is 2.67. The lowest BCUT2D eigenvalue weighted by Crippen LogP contribution is -2.35. The van der Waals surface area contributed by atoms with Crippen molar-refractivity contribution in [2.24, 2.45) is 5.92 Å². The van der Waals surface area contributed by atoms with E-state index in [1.165, 1.54) is 16.4 Å². The Morgan fingerprint density at radius 2 is 1.81 bits per heavy atom. The number of hydrogen-bond acceptors (Lipinski definition) is 3. The van der Waals surface area contributed by atoms with Gasteiger partial charge in [-0.2, -0.15) is 0 Å². The maximum absolute atomic E-state index is 13.1. The van der Waals surface area contributed by atoms with E-state index in [2.05, 4.69) is 19.2 Å². The minimum atomic E-state index is -3.64. The highest BCUT2D eigenvalue weighted by Crippen LogP contribution is 2.31. The van der Waals surface area contributed by atoms with Crippen LogP contribution in [0.1, 0.15) is 42.6 Å². The van der Waals surface area contributed by atoms with Gasteiger partial charge in [0.05, 0.1) is 10.6 Å². The van der Waals surface area contributed by atoms with Gasteiger partial charge < -0.3 is 5.32 Å². The first-order valence-electron chi connectivity index (χ1n) is 9.38. The van der Waals surface area contributed by atoms with Crippen LogP contribution in [0.4, 0.5) is 5.69 Å². The molecule has 0 saturated heterocycles.